The highest BCUT2D eigenvalue weighted by atomic mass is 32.2. The largest absolute Gasteiger partial charge is 0.479 e. The predicted molar refractivity (Wildman–Crippen MR) is 97.6 cm³/mol. The number of alkyl halides is 6. The molecule has 0 aliphatic carbocycles. The van der Waals surface area contributed by atoms with Crippen LogP contribution in [0, 0.1) is 5.92 Å². The molecule has 162 valence electrons. The van der Waals surface area contributed by atoms with Gasteiger partial charge in [-0.1, -0.05) is 48.5 Å². The van der Waals surface area contributed by atoms with E-state index in [1.165, 1.54) is 47.8 Å². The van der Waals surface area contributed by atoms with E-state index in [1.807, 2.05) is 0 Å². The van der Waals surface area contributed by atoms with Gasteiger partial charge in [-0.25, -0.2) is 4.79 Å². The molecule has 0 aromatic heterocycles. The number of thioether (sulfide) groups is 1. The fraction of sp³-hybridized carbons (Fsp3) is 0.263. The first-order valence-corrected chi connectivity index (χ1v) is 9.29. The van der Waals surface area contributed by atoms with Gasteiger partial charge in [-0.15, -0.1) is 11.8 Å². The number of aliphatic carboxylic acids is 1. The lowest BCUT2D eigenvalue weighted by atomic mass is 9.96. The summed E-state index contributed by atoms with van der Waals surface area (Å²) >= 11 is -0.156. The molecular formula is C19H15F6NO3S. The standard InChI is InChI=1S/C19H15F6NO3S/c20-18(21,22)15(19(23,24)25)17(16(28)29,30-11-12-7-3-1-4-8-12)26-14(27)13-9-5-2-6-10-13/h1-10,15H,11H2,(H,26,27)(H,28,29). The van der Waals surface area contributed by atoms with Gasteiger partial charge in [0.05, 0.1) is 0 Å². The molecule has 1 amide bonds. The second-order valence-corrected chi connectivity index (χ2v) is 7.37. The molecule has 2 rings (SSSR count). The summed E-state index contributed by atoms with van der Waals surface area (Å²) in [6, 6.07) is 13.8. The van der Waals surface area contributed by atoms with Gasteiger partial charge in [-0.3, -0.25) is 4.79 Å². The molecule has 0 heterocycles. The molecule has 1 unspecified atom stereocenters. The van der Waals surface area contributed by atoms with Gasteiger partial charge < -0.3 is 10.4 Å². The van der Waals surface area contributed by atoms with Crippen molar-refractivity contribution in [1.82, 2.24) is 5.32 Å². The van der Waals surface area contributed by atoms with Crippen molar-refractivity contribution in [2.24, 2.45) is 5.92 Å². The lowest BCUT2D eigenvalue weighted by molar-refractivity contribution is -0.294. The summed E-state index contributed by atoms with van der Waals surface area (Å²) in [5.74, 6) is -8.72. The molecule has 4 nitrogen and oxygen atoms in total. The minimum absolute atomic E-state index is 0.156. The molecule has 2 aromatic carbocycles. The van der Waals surface area contributed by atoms with Crippen molar-refractivity contribution in [3.8, 4) is 0 Å². The van der Waals surface area contributed by atoms with Crippen molar-refractivity contribution in [3.05, 3.63) is 71.8 Å². The number of carboxylic acids is 1. The highest BCUT2D eigenvalue weighted by Gasteiger charge is 2.70. The quantitative estimate of drug-likeness (QED) is 0.466. The smallest absolute Gasteiger partial charge is 0.404 e. The molecule has 0 radical (unpaired) electrons. The average molecular weight is 451 g/mol. The van der Waals surface area contributed by atoms with E-state index in [4.69, 9.17) is 0 Å². The van der Waals surface area contributed by atoms with Crippen molar-refractivity contribution >= 4 is 23.6 Å². The molecular weight excluding hydrogens is 436 g/mol. The first-order valence-electron chi connectivity index (χ1n) is 8.30. The summed E-state index contributed by atoms with van der Waals surface area (Å²) in [5, 5.41) is 11.1. The van der Waals surface area contributed by atoms with Crippen LogP contribution in [0.25, 0.3) is 0 Å². The fourth-order valence-corrected chi connectivity index (χ4v) is 3.99. The zero-order valence-electron chi connectivity index (χ0n) is 15.0. The average Bonchev–Trinajstić information content (AvgIpc) is 2.65. The molecule has 0 aliphatic heterocycles. The number of halogens is 6. The maximum atomic E-state index is 13.5. The van der Waals surface area contributed by atoms with Gasteiger partial charge in [0, 0.05) is 11.3 Å². The predicted octanol–water partition coefficient (Wildman–Crippen LogP) is 4.87. The number of benzene rings is 2. The highest BCUT2D eigenvalue weighted by molar-refractivity contribution is 8.00. The van der Waals surface area contributed by atoms with Crippen LogP contribution in [-0.4, -0.2) is 34.2 Å². The first kappa shape index (κ1) is 23.6. The van der Waals surface area contributed by atoms with Gasteiger partial charge in [-0.2, -0.15) is 26.3 Å². The van der Waals surface area contributed by atoms with Gasteiger partial charge >= 0.3 is 18.3 Å². The van der Waals surface area contributed by atoms with E-state index in [0.717, 1.165) is 12.1 Å². The Morgan fingerprint density at radius 2 is 1.33 bits per heavy atom. The van der Waals surface area contributed by atoms with Crippen molar-refractivity contribution < 1.29 is 41.0 Å². The molecule has 11 heteroatoms. The Morgan fingerprint density at radius 1 is 0.867 bits per heavy atom. The van der Waals surface area contributed by atoms with Crippen LogP contribution in [0.15, 0.2) is 60.7 Å². The molecule has 2 N–H and O–H groups in total. The Labute approximate surface area is 171 Å². The van der Waals surface area contributed by atoms with Gasteiger partial charge in [0.1, 0.15) is 0 Å². The normalized spacial score (nSPS) is 14.2. The Hall–Kier alpha value is -2.69. The van der Waals surface area contributed by atoms with E-state index < -0.39 is 40.8 Å². The SMILES string of the molecule is O=C(NC(SCc1ccccc1)(C(=O)O)C(C(F)(F)F)C(F)(F)F)c1ccccc1. The Balaban J connectivity index is 2.56. The van der Waals surface area contributed by atoms with Crippen LogP contribution in [-0.2, 0) is 10.5 Å². The van der Waals surface area contributed by atoms with Gasteiger partial charge in [0.15, 0.2) is 5.92 Å². The summed E-state index contributed by atoms with van der Waals surface area (Å²) in [5.41, 5.74) is -0.00304. The van der Waals surface area contributed by atoms with E-state index >= 15 is 0 Å². The van der Waals surface area contributed by atoms with Crippen LogP contribution in [0.5, 0.6) is 0 Å². The topological polar surface area (TPSA) is 66.4 Å². The van der Waals surface area contributed by atoms with Gasteiger partial charge in [0.2, 0.25) is 4.87 Å². The Morgan fingerprint density at radius 3 is 1.77 bits per heavy atom. The van der Waals surface area contributed by atoms with Crippen LogP contribution in [0.3, 0.4) is 0 Å². The lowest BCUT2D eigenvalue weighted by Gasteiger charge is -2.39. The lowest BCUT2D eigenvalue weighted by Crippen LogP contribution is -2.65. The summed E-state index contributed by atoms with van der Waals surface area (Å²) in [6.07, 6.45) is -12.0. The molecule has 0 fully saturated rings. The first-order chi connectivity index (χ1) is 13.9. The zero-order valence-corrected chi connectivity index (χ0v) is 15.8. The van der Waals surface area contributed by atoms with Crippen molar-refractivity contribution in [1.29, 1.82) is 0 Å². The molecule has 0 saturated carbocycles. The van der Waals surface area contributed by atoms with Crippen LogP contribution in [0.1, 0.15) is 15.9 Å². The number of hydrogen-bond donors (Lipinski definition) is 2. The molecule has 0 bridgehead atoms. The number of carbonyl (C=O) groups excluding carboxylic acids is 1. The third kappa shape index (κ3) is 5.47. The van der Waals surface area contributed by atoms with E-state index in [2.05, 4.69) is 0 Å². The number of rotatable bonds is 7. The van der Waals surface area contributed by atoms with Gasteiger partial charge in [0.25, 0.3) is 5.91 Å². The summed E-state index contributed by atoms with van der Waals surface area (Å²) in [7, 11) is 0. The number of carbonyl (C=O) groups is 2. The summed E-state index contributed by atoms with van der Waals surface area (Å²) in [6.45, 7) is 0. The third-order valence-electron chi connectivity index (χ3n) is 4.02. The molecule has 2 aromatic rings. The molecule has 0 spiro atoms. The number of hydrogen-bond acceptors (Lipinski definition) is 3. The monoisotopic (exact) mass is 451 g/mol. The molecule has 0 saturated heterocycles. The minimum Gasteiger partial charge on any atom is -0.479 e. The van der Waals surface area contributed by atoms with Gasteiger partial charge in [-0.05, 0) is 17.7 Å². The van der Waals surface area contributed by atoms with Crippen molar-refractivity contribution in [2.75, 3.05) is 0 Å². The summed E-state index contributed by atoms with van der Waals surface area (Å²) in [4.78, 5) is 20.6. The number of nitrogens with one attached hydrogen (secondary N) is 1. The number of amides is 1. The fourth-order valence-electron chi connectivity index (χ4n) is 2.68. The Bertz CT molecular complexity index is 859. The molecule has 0 aliphatic rings. The Kier molecular flexibility index (Phi) is 7.06. The molecule has 1 atom stereocenters. The maximum absolute atomic E-state index is 13.5. The van der Waals surface area contributed by atoms with E-state index in [0.29, 0.717) is 0 Å². The van der Waals surface area contributed by atoms with Crippen LogP contribution in [0.4, 0.5) is 26.3 Å². The minimum atomic E-state index is -6.00. The van der Waals surface area contributed by atoms with Crippen molar-refractivity contribution in [2.45, 2.75) is 23.0 Å². The molecule has 30 heavy (non-hydrogen) atoms. The van der Waals surface area contributed by atoms with Crippen LogP contribution < -0.4 is 5.32 Å². The maximum Gasteiger partial charge on any atom is 0.404 e. The van der Waals surface area contributed by atoms with Crippen LogP contribution >= 0.6 is 11.8 Å². The van der Waals surface area contributed by atoms with Crippen LogP contribution in [0.2, 0.25) is 0 Å². The second-order valence-electron chi connectivity index (χ2n) is 6.15. The highest BCUT2D eigenvalue weighted by Crippen LogP contribution is 2.50. The van der Waals surface area contributed by atoms with E-state index in [1.54, 1.807) is 6.07 Å². The van der Waals surface area contributed by atoms with E-state index in [-0.39, 0.29) is 22.9 Å². The number of carboxylic acid groups (broad SMARTS) is 1. The summed E-state index contributed by atoms with van der Waals surface area (Å²) < 4.78 is 81.0. The third-order valence-corrected chi connectivity index (χ3v) is 5.47. The van der Waals surface area contributed by atoms with E-state index in [9.17, 15) is 41.0 Å². The van der Waals surface area contributed by atoms with Crippen molar-refractivity contribution in [3.63, 3.8) is 0 Å². The zero-order chi connectivity index (χ0) is 22.6. The second kappa shape index (κ2) is 8.99.